The van der Waals surface area contributed by atoms with Gasteiger partial charge in [-0.3, -0.25) is 4.79 Å². The highest BCUT2D eigenvalue weighted by Crippen LogP contribution is 2.27. The molecule has 0 aliphatic heterocycles. The summed E-state index contributed by atoms with van der Waals surface area (Å²) in [6.07, 6.45) is 9.07. The molecule has 0 fully saturated rings. The second-order valence-corrected chi connectivity index (χ2v) is 11.8. The fraction of sp³-hybridized carbons (Fsp3) is 0.310. The average molecular weight is 534 g/mol. The Kier molecular flexibility index (Phi) is 8.59. The van der Waals surface area contributed by atoms with Gasteiger partial charge in [0.15, 0.2) is 4.80 Å². The van der Waals surface area contributed by atoms with Crippen molar-refractivity contribution in [3.8, 4) is 12.3 Å². The predicted molar refractivity (Wildman–Crippen MR) is 151 cm³/mol. The van der Waals surface area contributed by atoms with Crippen molar-refractivity contribution in [3.05, 3.63) is 71.0 Å². The third-order valence-electron chi connectivity index (χ3n) is 6.28. The van der Waals surface area contributed by atoms with Crippen LogP contribution in [-0.2, 0) is 16.6 Å². The predicted octanol–water partition coefficient (Wildman–Crippen LogP) is 5.82. The minimum absolute atomic E-state index is 0.187. The van der Waals surface area contributed by atoms with Crippen LogP contribution >= 0.6 is 11.3 Å². The van der Waals surface area contributed by atoms with Crippen LogP contribution in [0.4, 0.5) is 0 Å². The number of carbonyl (C=O) groups excluding carboxylic acids is 1. The van der Waals surface area contributed by atoms with Gasteiger partial charge in [-0.15, -0.1) is 6.42 Å². The Hall–Kier alpha value is -3.25. The molecule has 0 saturated carbocycles. The van der Waals surface area contributed by atoms with Crippen molar-refractivity contribution in [3.63, 3.8) is 0 Å². The third-order valence-corrected chi connectivity index (χ3v) is 9.32. The van der Waals surface area contributed by atoms with Gasteiger partial charge in [-0.05, 0) is 48.6 Å². The molecule has 6 nitrogen and oxygen atoms in total. The van der Waals surface area contributed by atoms with Gasteiger partial charge in [-0.2, -0.15) is 9.30 Å². The van der Waals surface area contributed by atoms with Crippen molar-refractivity contribution in [2.75, 3.05) is 13.1 Å². The number of aromatic nitrogens is 1. The van der Waals surface area contributed by atoms with Crippen molar-refractivity contribution in [2.24, 2.45) is 4.99 Å². The van der Waals surface area contributed by atoms with E-state index in [4.69, 9.17) is 6.42 Å². The fourth-order valence-electron chi connectivity index (χ4n) is 4.22. The Morgan fingerprint density at radius 1 is 1.00 bits per heavy atom. The van der Waals surface area contributed by atoms with Gasteiger partial charge in [-0.25, -0.2) is 8.42 Å². The van der Waals surface area contributed by atoms with E-state index in [1.165, 1.54) is 35.6 Å². The number of sulfonamides is 1. The summed E-state index contributed by atoms with van der Waals surface area (Å²) in [4.78, 5) is 18.2. The summed E-state index contributed by atoms with van der Waals surface area (Å²) < 4.78 is 30.9. The molecule has 4 rings (SSSR count). The molecule has 8 heteroatoms. The van der Waals surface area contributed by atoms with Gasteiger partial charge in [0.2, 0.25) is 10.0 Å². The summed E-state index contributed by atoms with van der Waals surface area (Å²) in [7, 11) is -3.63. The van der Waals surface area contributed by atoms with E-state index >= 15 is 0 Å². The van der Waals surface area contributed by atoms with E-state index in [2.05, 4.69) is 10.9 Å². The number of thiazole rings is 1. The number of amides is 1. The van der Waals surface area contributed by atoms with Gasteiger partial charge < -0.3 is 4.57 Å². The van der Waals surface area contributed by atoms with Crippen LogP contribution in [-0.4, -0.2) is 36.3 Å². The van der Waals surface area contributed by atoms with E-state index in [1.54, 1.807) is 4.31 Å². The molecule has 37 heavy (non-hydrogen) atoms. The smallest absolute Gasteiger partial charge is 0.279 e. The molecule has 1 amide bonds. The zero-order chi connectivity index (χ0) is 26.4. The molecule has 0 N–H and O–H groups in total. The number of fused-ring (bicyclic) bond motifs is 3. The van der Waals surface area contributed by atoms with Crippen LogP contribution in [0.15, 0.2) is 70.6 Å². The first-order valence-corrected chi connectivity index (χ1v) is 14.8. The van der Waals surface area contributed by atoms with E-state index in [0.29, 0.717) is 23.5 Å². The van der Waals surface area contributed by atoms with Crippen LogP contribution in [0.2, 0.25) is 0 Å². The maximum absolute atomic E-state index is 13.2. The molecule has 192 valence electrons. The number of rotatable bonds is 10. The molecule has 1 aromatic heterocycles. The minimum atomic E-state index is -3.63. The van der Waals surface area contributed by atoms with E-state index in [-0.39, 0.29) is 11.4 Å². The van der Waals surface area contributed by atoms with Gasteiger partial charge in [0.25, 0.3) is 5.91 Å². The third kappa shape index (κ3) is 5.69. The Morgan fingerprint density at radius 2 is 1.68 bits per heavy atom. The van der Waals surface area contributed by atoms with Crippen LogP contribution in [0.1, 0.15) is 49.9 Å². The molecule has 3 aromatic carbocycles. The Morgan fingerprint density at radius 3 is 2.32 bits per heavy atom. The number of unbranched alkanes of at least 4 members (excludes halogenated alkanes) is 2. The molecule has 0 spiro atoms. The Balaban J connectivity index is 1.68. The summed E-state index contributed by atoms with van der Waals surface area (Å²) in [5.74, 6) is 2.21. The van der Waals surface area contributed by atoms with Gasteiger partial charge in [0.05, 0.1) is 21.7 Å². The molecule has 0 unspecified atom stereocenters. The lowest BCUT2D eigenvalue weighted by molar-refractivity contribution is 0.0998. The van der Waals surface area contributed by atoms with Crippen LogP contribution in [0.5, 0.6) is 0 Å². The van der Waals surface area contributed by atoms with E-state index in [0.717, 1.165) is 46.7 Å². The highest BCUT2D eigenvalue weighted by Gasteiger charge is 2.23. The first-order chi connectivity index (χ1) is 17.9. The molecule has 0 saturated heterocycles. The molecule has 0 bridgehead atoms. The lowest BCUT2D eigenvalue weighted by Gasteiger charge is -2.22. The number of hydrogen-bond donors (Lipinski definition) is 0. The van der Waals surface area contributed by atoms with Crippen LogP contribution in [0.25, 0.3) is 21.0 Å². The lowest BCUT2D eigenvalue weighted by atomic mass is 10.1. The van der Waals surface area contributed by atoms with Crippen molar-refractivity contribution < 1.29 is 13.2 Å². The minimum Gasteiger partial charge on any atom is -0.305 e. The van der Waals surface area contributed by atoms with Crippen molar-refractivity contribution in [1.82, 2.24) is 8.87 Å². The monoisotopic (exact) mass is 533 g/mol. The molecule has 4 aromatic rings. The van der Waals surface area contributed by atoms with E-state index < -0.39 is 15.9 Å². The topological polar surface area (TPSA) is 71.7 Å². The summed E-state index contributed by atoms with van der Waals surface area (Å²) in [5.41, 5.74) is 1.25. The Labute approximate surface area is 222 Å². The summed E-state index contributed by atoms with van der Waals surface area (Å²) >= 11 is 1.42. The number of carbonyl (C=O) groups is 1. The number of benzene rings is 3. The standard InChI is InChI=1S/C29H31N3O3S2/c1-4-7-20-31(21-8-5-2)37(34,35)24-16-13-23(14-17-24)28(33)30-29-32(19-6-3)26-18-15-22-11-9-10-12-25(22)27(26)36-29/h3,9-18H,4-5,7-8,19-21H2,1-2H3. The van der Waals surface area contributed by atoms with E-state index in [1.807, 2.05) is 54.8 Å². The zero-order valence-corrected chi connectivity index (χ0v) is 22.8. The van der Waals surface area contributed by atoms with Gasteiger partial charge in [-0.1, -0.05) is 74.3 Å². The largest absolute Gasteiger partial charge is 0.305 e. The zero-order valence-electron chi connectivity index (χ0n) is 21.2. The van der Waals surface area contributed by atoms with Gasteiger partial charge >= 0.3 is 0 Å². The summed E-state index contributed by atoms with van der Waals surface area (Å²) in [5, 5.41) is 2.18. The summed E-state index contributed by atoms with van der Waals surface area (Å²) in [6, 6.07) is 18.2. The quantitative estimate of drug-likeness (QED) is 0.241. The highest BCUT2D eigenvalue weighted by molar-refractivity contribution is 7.89. The molecule has 0 atom stereocenters. The molecular weight excluding hydrogens is 502 g/mol. The first-order valence-electron chi connectivity index (χ1n) is 12.5. The van der Waals surface area contributed by atoms with Gasteiger partial charge in [0, 0.05) is 24.0 Å². The van der Waals surface area contributed by atoms with Crippen molar-refractivity contribution >= 4 is 48.3 Å². The molecule has 0 radical (unpaired) electrons. The second kappa shape index (κ2) is 11.9. The average Bonchev–Trinajstić information content (AvgIpc) is 3.26. The second-order valence-electron chi connectivity index (χ2n) is 8.86. The Bertz CT molecular complexity index is 1620. The van der Waals surface area contributed by atoms with Crippen molar-refractivity contribution in [2.45, 2.75) is 51.0 Å². The molecule has 1 heterocycles. The van der Waals surface area contributed by atoms with Gasteiger partial charge in [0.1, 0.15) is 0 Å². The summed E-state index contributed by atoms with van der Waals surface area (Å²) in [6.45, 7) is 5.35. The molecule has 0 aliphatic rings. The molecule has 0 aliphatic carbocycles. The lowest BCUT2D eigenvalue weighted by Crippen LogP contribution is -2.33. The van der Waals surface area contributed by atoms with E-state index in [9.17, 15) is 13.2 Å². The van der Waals surface area contributed by atoms with Crippen LogP contribution in [0, 0.1) is 12.3 Å². The SMILES string of the molecule is C#CCn1c(=NC(=O)c2ccc(S(=O)(=O)N(CCCC)CCCC)cc2)sc2c3ccccc3ccc21. The number of nitrogens with zero attached hydrogens (tertiary/aromatic N) is 3. The van der Waals surface area contributed by atoms with Crippen LogP contribution < -0.4 is 4.80 Å². The number of hydrogen-bond acceptors (Lipinski definition) is 4. The molecular formula is C29H31N3O3S2. The fourth-order valence-corrected chi connectivity index (χ4v) is 6.90. The van der Waals surface area contributed by atoms with Crippen molar-refractivity contribution in [1.29, 1.82) is 0 Å². The maximum atomic E-state index is 13.2. The first kappa shape index (κ1) is 26.8. The van der Waals surface area contributed by atoms with Crippen LogP contribution in [0.3, 0.4) is 0 Å². The highest BCUT2D eigenvalue weighted by atomic mass is 32.2. The number of terminal acetylenes is 1. The normalized spacial score (nSPS) is 12.4. The maximum Gasteiger partial charge on any atom is 0.279 e.